The van der Waals surface area contributed by atoms with Gasteiger partial charge in [-0.1, -0.05) is 86.3 Å². The Hall–Kier alpha value is -3.28. The third kappa shape index (κ3) is 8.14. The molecule has 2 aromatic rings. The molecule has 4 rings (SSSR count). The van der Waals surface area contributed by atoms with Gasteiger partial charge in [-0.2, -0.15) is 0 Å². The predicted molar refractivity (Wildman–Crippen MR) is 146 cm³/mol. The molecule has 0 saturated heterocycles. The summed E-state index contributed by atoms with van der Waals surface area (Å²) in [4.78, 5) is 34.9. The zero-order chi connectivity index (χ0) is 25.0. The van der Waals surface area contributed by atoms with E-state index in [1.54, 1.807) is 0 Å². The summed E-state index contributed by atoms with van der Waals surface area (Å²) in [6.07, 6.45) is 12.4. The Bertz CT molecular complexity index is 938. The number of aliphatic imine (C=N–C) groups is 2. The van der Waals surface area contributed by atoms with Crippen molar-refractivity contribution in [1.29, 1.82) is 0 Å². The van der Waals surface area contributed by atoms with Crippen LogP contribution in [0.15, 0.2) is 70.6 Å². The molecule has 2 amide bonds. The number of benzene rings is 2. The molecular weight excluding hydrogens is 448 g/mol. The summed E-state index contributed by atoms with van der Waals surface area (Å²) in [5.41, 5.74) is 2.14. The lowest BCUT2D eigenvalue weighted by atomic mass is 9.90. The summed E-state index contributed by atoms with van der Waals surface area (Å²) >= 11 is 0. The standard InChI is InChI=1S/C30H38N4O2/c35-29(33-27-17-9-7-15-25(27)31-21-23-11-3-1-4-12-23)19-20-30(36)34-28-18-10-8-16-26(28)32-22-24-13-5-2-6-14-24/h1-6,11-14,21-22,25-28H,7-10,15-20H2,(H,33,35)(H,34,36)/t25-,26-,27-,28-/m1/s1. The average molecular weight is 487 g/mol. The molecule has 0 aliphatic heterocycles. The first-order valence-corrected chi connectivity index (χ1v) is 13.4. The highest BCUT2D eigenvalue weighted by molar-refractivity contribution is 5.84. The van der Waals surface area contributed by atoms with Crippen molar-refractivity contribution >= 4 is 24.2 Å². The normalized spacial score (nSPS) is 24.6. The Balaban J connectivity index is 1.24. The highest BCUT2D eigenvalue weighted by atomic mass is 16.2. The second-order valence-corrected chi connectivity index (χ2v) is 9.93. The fourth-order valence-corrected chi connectivity index (χ4v) is 5.14. The summed E-state index contributed by atoms with van der Waals surface area (Å²) in [5.74, 6) is -0.140. The Morgan fingerprint density at radius 2 is 1.03 bits per heavy atom. The minimum absolute atomic E-state index is 0.0318. The van der Waals surface area contributed by atoms with Crippen molar-refractivity contribution in [3.05, 3.63) is 71.8 Å². The van der Waals surface area contributed by atoms with Crippen molar-refractivity contribution in [2.75, 3.05) is 0 Å². The monoisotopic (exact) mass is 486 g/mol. The Morgan fingerprint density at radius 1 is 0.639 bits per heavy atom. The fraction of sp³-hybridized carbons (Fsp3) is 0.467. The van der Waals surface area contributed by atoms with Crippen LogP contribution in [0.1, 0.15) is 75.3 Å². The summed E-state index contributed by atoms with van der Waals surface area (Å²) in [6, 6.07) is 20.3. The third-order valence-electron chi connectivity index (χ3n) is 7.16. The van der Waals surface area contributed by atoms with Crippen LogP contribution in [0.5, 0.6) is 0 Å². The first-order valence-electron chi connectivity index (χ1n) is 13.4. The molecule has 6 nitrogen and oxygen atoms in total. The van der Waals surface area contributed by atoms with E-state index >= 15 is 0 Å². The van der Waals surface area contributed by atoms with E-state index in [9.17, 15) is 9.59 Å². The molecule has 0 aromatic heterocycles. The molecule has 2 aliphatic rings. The minimum Gasteiger partial charge on any atom is -0.351 e. The van der Waals surface area contributed by atoms with Crippen LogP contribution in [0, 0.1) is 0 Å². The Morgan fingerprint density at radius 3 is 1.44 bits per heavy atom. The molecule has 0 spiro atoms. The van der Waals surface area contributed by atoms with Gasteiger partial charge in [0, 0.05) is 25.3 Å². The van der Waals surface area contributed by atoms with Crippen LogP contribution in [0.4, 0.5) is 0 Å². The molecule has 6 heteroatoms. The van der Waals surface area contributed by atoms with Gasteiger partial charge in [-0.15, -0.1) is 0 Å². The molecule has 4 atom stereocenters. The van der Waals surface area contributed by atoms with Crippen molar-refractivity contribution in [2.45, 2.75) is 88.4 Å². The second-order valence-electron chi connectivity index (χ2n) is 9.93. The van der Waals surface area contributed by atoms with Crippen molar-refractivity contribution in [1.82, 2.24) is 10.6 Å². The van der Waals surface area contributed by atoms with E-state index in [1.165, 1.54) is 0 Å². The van der Waals surface area contributed by atoms with E-state index in [0.29, 0.717) is 0 Å². The summed E-state index contributed by atoms with van der Waals surface area (Å²) in [6.45, 7) is 0. The van der Waals surface area contributed by atoms with Crippen LogP contribution in [0.25, 0.3) is 0 Å². The number of carbonyl (C=O) groups is 2. The largest absolute Gasteiger partial charge is 0.351 e. The van der Waals surface area contributed by atoms with Gasteiger partial charge in [0.2, 0.25) is 11.8 Å². The van der Waals surface area contributed by atoms with Gasteiger partial charge < -0.3 is 10.6 Å². The van der Waals surface area contributed by atoms with Gasteiger partial charge in [-0.05, 0) is 36.8 Å². The molecule has 190 valence electrons. The number of nitrogens with one attached hydrogen (secondary N) is 2. The van der Waals surface area contributed by atoms with Crippen molar-refractivity contribution in [3.8, 4) is 0 Å². The van der Waals surface area contributed by atoms with E-state index in [0.717, 1.165) is 62.5 Å². The molecule has 2 saturated carbocycles. The number of amides is 2. The van der Waals surface area contributed by atoms with Crippen LogP contribution in [-0.4, -0.2) is 48.4 Å². The van der Waals surface area contributed by atoms with E-state index in [4.69, 9.17) is 9.98 Å². The number of nitrogens with zero attached hydrogens (tertiary/aromatic N) is 2. The highest BCUT2D eigenvalue weighted by Gasteiger charge is 2.27. The second kappa shape index (κ2) is 13.7. The lowest BCUT2D eigenvalue weighted by Gasteiger charge is -2.30. The molecule has 0 unspecified atom stereocenters. The smallest absolute Gasteiger partial charge is 0.220 e. The van der Waals surface area contributed by atoms with Crippen molar-refractivity contribution in [2.24, 2.45) is 9.98 Å². The quantitative estimate of drug-likeness (QED) is 0.496. The van der Waals surface area contributed by atoms with E-state index in [-0.39, 0.29) is 48.8 Å². The zero-order valence-electron chi connectivity index (χ0n) is 21.0. The van der Waals surface area contributed by atoms with Gasteiger partial charge in [-0.3, -0.25) is 19.6 Å². The van der Waals surface area contributed by atoms with Gasteiger partial charge >= 0.3 is 0 Å². The molecule has 2 aliphatic carbocycles. The maximum atomic E-state index is 12.7. The van der Waals surface area contributed by atoms with Crippen molar-refractivity contribution in [3.63, 3.8) is 0 Å². The van der Waals surface area contributed by atoms with Gasteiger partial charge in [0.15, 0.2) is 0 Å². The van der Waals surface area contributed by atoms with Crippen LogP contribution >= 0.6 is 0 Å². The van der Waals surface area contributed by atoms with Crippen LogP contribution in [-0.2, 0) is 9.59 Å². The van der Waals surface area contributed by atoms with Gasteiger partial charge in [0.05, 0.1) is 24.2 Å². The number of rotatable bonds is 9. The first kappa shape index (κ1) is 25.8. The summed E-state index contributed by atoms with van der Waals surface area (Å²) < 4.78 is 0. The topological polar surface area (TPSA) is 82.9 Å². The van der Waals surface area contributed by atoms with Crippen LogP contribution in [0.3, 0.4) is 0 Å². The predicted octanol–water partition coefficient (Wildman–Crippen LogP) is 4.86. The number of carbonyl (C=O) groups excluding carboxylic acids is 2. The summed E-state index contributed by atoms with van der Waals surface area (Å²) in [5, 5.41) is 6.31. The summed E-state index contributed by atoms with van der Waals surface area (Å²) in [7, 11) is 0. The molecule has 0 bridgehead atoms. The van der Waals surface area contributed by atoms with E-state index in [2.05, 4.69) is 10.6 Å². The highest BCUT2D eigenvalue weighted by Crippen LogP contribution is 2.23. The molecule has 0 heterocycles. The zero-order valence-corrected chi connectivity index (χ0v) is 21.0. The third-order valence-corrected chi connectivity index (χ3v) is 7.16. The van der Waals surface area contributed by atoms with Gasteiger partial charge in [0.1, 0.15) is 0 Å². The molecule has 36 heavy (non-hydrogen) atoms. The molecule has 2 N–H and O–H groups in total. The number of hydrogen-bond acceptors (Lipinski definition) is 4. The maximum Gasteiger partial charge on any atom is 0.220 e. The SMILES string of the molecule is O=C(CCC(=O)N[C@@H]1CCCC[C@H]1N=Cc1ccccc1)N[C@@H]1CCCC[C@H]1N=Cc1ccccc1. The lowest BCUT2D eigenvalue weighted by Crippen LogP contribution is -2.46. The number of hydrogen-bond donors (Lipinski definition) is 2. The minimum atomic E-state index is -0.0701. The molecule has 2 fully saturated rings. The Labute approximate surface area is 214 Å². The molecule has 2 aromatic carbocycles. The fourth-order valence-electron chi connectivity index (χ4n) is 5.14. The van der Waals surface area contributed by atoms with E-state index < -0.39 is 0 Å². The first-order chi connectivity index (χ1) is 17.7. The maximum absolute atomic E-state index is 12.7. The van der Waals surface area contributed by atoms with Crippen LogP contribution in [0.2, 0.25) is 0 Å². The van der Waals surface area contributed by atoms with Crippen LogP contribution < -0.4 is 10.6 Å². The average Bonchev–Trinajstić information content (AvgIpc) is 2.92. The van der Waals surface area contributed by atoms with E-state index in [1.807, 2.05) is 73.1 Å². The molecule has 0 radical (unpaired) electrons. The van der Waals surface area contributed by atoms with Gasteiger partial charge in [0.25, 0.3) is 0 Å². The lowest BCUT2D eigenvalue weighted by molar-refractivity contribution is -0.127. The van der Waals surface area contributed by atoms with Crippen molar-refractivity contribution < 1.29 is 9.59 Å². The Kier molecular flexibility index (Phi) is 9.83. The van der Waals surface area contributed by atoms with Gasteiger partial charge in [-0.25, -0.2) is 0 Å². The molecular formula is C30H38N4O2.